The number of nitrogens with zero attached hydrogens (tertiary/aromatic N) is 2. The molecule has 3 heterocycles. The summed E-state index contributed by atoms with van der Waals surface area (Å²) in [6, 6.07) is -3.92. The molecule has 0 amide bonds. The molecule has 0 fully saturated rings. The van der Waals surface area contributed by atoms with Crippen LogP contribution in [0.2, 0.25) is 0 Å². The number of benzene rings is 9. The lowest BCUT2D eigenvalue weighted by molar-refractivity contribution is 0.668. The molecule has 9 aromatic carbocycles. The van der Waals surface area contributed by atoms with Crippen LogP contribution in [0.15, 0.2) is 210 Å². The maximum atomic E-state index is 9.97. The summed E-state index contributed by atoms with van der Waals surface area (Å²) in [5.74, 6) is 0. The van der Waals surface area contributed by atoms with Gasteiger partial charge in [0.25, 0.3) is 0 Å². The molecule has 0 N–H and O–H groups in total. The van der Waals surface area contributed by atoms with Crippen LogP contribution in [0.3, 0.4) is 0 Å². The zero-order valence-electron chi connectivity index (χ0n) is 54.0. The largest absolute Gasteiger partial charge is 0.456 e. The van der Waals surface area contributed by atoms with Crippen molar-refractivity contribution >= 4 is 65.6 Å². The number of aromatic nitrogens is 2. The van der Waals surface area contributed by atoms with Crippen molar-refractivity contribution in [2.45, 2.75) is 0 Å². The van der Waals surface area contributed by atoms with Gasteiger partial charge in [-0.15, -0.1) is 0 Å². The van der Waals surface area contributed by atoms with Gasteiger partial charge in [0.2, 0.25) is 0 Å². The van der Waals surface area contributed by atoms with Crippen LogP contribution in [0.25, 0.3) is 110 Å². The molecular weight excluding hydrogens is 693 g/mol. The average Bonchev–Trinajstić information content (AvgIpc) is 1.74. The molecule has 0 aliphatic rings. The third kappa shape index (κ3) is 4.99. The lowest BCUT2D eigenvalue weighted by Crippen LogP contribution is -1.94. The minimum Gasteiger partial charge on any atom is -0.456 e. The molecule has 3 heteroatoms. The molecule has 12 aromatic rings. The van der Waals surface area contributed by atoms with E-state index in [1.165, 1.54) is 4.57 Å². The van der Waals surface area contributed by atoms with E-state index < -0.39 is 223 Å². The fourth-order valence-electron chi connectivity index (χ4n) is 7.21. The van der Waals surface area contributed by atoms with E-state index in [1.807, 2.05) is 30.3 Å². The number of furan rings is 1. The van der Waals surface area contributed by atoms with Gasteiger partial charge in [-0.2, -0.15) is 0 Å². The molecular formula is C54H34N2O. The van der Waals surface area contributed by atoms with Crippen molar-refractivity contribution in [1.82, 2.24) is 9.13 Å². The van der Waals surface area contributed by atoms with Crippen molar-refractivity contribution in [3.63, 3.8) is 0 Å². The summed E-state index contributed by atoms with van der Waals surface area (Å²) in [6.45, 7) is 0. The standard InChI is InChI=1S/C54H34N2O/c1-3-12-35(13-4-1)37-16-11-17-41(30-37)55-49-20-9-7-18-43(49)46-31-39(22-27-51(46)55)40-23-28-52-47(32-40)44-19-8-10-21-50(44)56(52)42-25-26-45-48-33-38(36-14-5-2-6-15-36)24-29-53(48)57-54(45)34-42/h1-34H/i2D,5D,6D,7D,8D,9D,10D,14D,15D,18D,19D,20D,21D,22D,23D,24D,25D,26D,27D,28D,29D,31D,32D,33D,34D. The van der Waals surface area contributed by atoms with Crippen LogP contribution in [0.4, 0.5) is 0 Å². The SMILES string of the molecule is [2H]c1c([2H])c([2H])c(-c2c([2H])c([2H])c3oc4c([2H])c(-n5c6c([2H])c([2H])c([2H])c([2H])c6c6c([2H])c(-c7c([2H])c([2H])c8c(c7[2H])c7c([2H])c([2H])c([2H])c([2H])c7n8-c7cccc(-c8ccccc8)c7)c([2H])c([2H])c65)c([2H])c([2H])c4c3c2[2H])c([2H])c1[2H]. The first kappa shape index (κ1) is 15.9. The number of hydrogen-bond donors (Lipinski definition) is 0. The molecule has 0 bridgehead atoms. The molecule has 0 radical (unpaired) electrons. The first-order valence-electron chi connectivity index (χ1n) is 30.0. The van der Waals surface area contributed by atoms with Crippen molar-refractivity contribution in [3.05, 3.63) is 206 Å². The van der Waals surface area contributed by atoms with Crippen LogP contribution in [-0.4, -0.2) is 9.13 Å². The highest BCUT2D eigenvalue weighted by molar-refractivity contribution is 6.13. The van der Waals surface area contributed by atoms with Crippen molar-refractivity contribution < 1.29 is 38.7 Å². The Morgan fingerprint density at radius 3 is 1.63 bits per heavy atom. The van der Waals surface area contributed by atoms with Gasteiger partial charge in [0, 0.05) is 49.7 Å². The summed E-state index contributed by atoms with van der Waals surface area (Å²) in [4.78, 5) is 0. The molecule has 3 aromatic heterocycles. The van der Waals surface area contributed by atoms with Gasteiger partial charge in [-0.05, 0) is 106 Å². The van der Waals surface area contributed by atoms with Gasteiger partial charge in [0.1, 0.15) is 11.2 Å². The first-order valence-corrected chi connectivity index (χ1v) is 17.5. The third-order valence-electron chi connectivity index (χ3n) is 9.75. The molecule has 0 spiro atoms. The van der Waals surface area contributed by atoms with Crippen molar-refractivity contribution in [3.8, 4) is 44.8 Å². The van der Waals surface area contributed by atoms with Gasteiger partial charge in [-0.25, -0.2) is 0 Å². The number of fused-ring (bicyclic) bond motifs is 9. The minimum atomic E-state index is -0.936. The Balaban J connectivity index is 1.19. The van der Waals surface area contributed by atoms with E-state index in [-0.39, 0.29) is 27.5 Å². The van der Waals surface area contributed by atoms with Crippen LogP contribution in [-0.2, 0) is 0 Å². The van der Waals surface area contributed by atoms with Crippen molar-refractivity contribution in [2.24, 2.45) is 0 Å². The predicted molar refractivity (Wildman–Crippen MR) is 239 cm³/mol. The molecule has 12 rings (SSSR count). The molecule has 0 atom stereocenters. The molecule has 0 saturated carbocycles. The number of rotatable bonds is 5. The Kier molecular flexibility index (Phi) is 3.46. The number of hydrogen-bond acceptors (Lipinski definition) is 1. The Morgan fingerprint density at radius 2 is 0.912 bits per heavy atom. The monoisotopic (exact) mass is 751 g/mol. The zero-order chi connectivity index (χ0) is 59.2. The maximum Gasteiger partial charge on any atom is 0.137 e. The fraction of sp³-hybridized carbons (Fsp3) is 0. The second-order valence-corrected chi connectivity index (χ2v) is 13.0. The molecule has 0 aliphatic heterocycles. The highest BCUT2D eigenvalue weighted by Crippen LogP contribution is 2.40. The van der Waals surface area contributed by atoms with Gasteiger partial charge in [-0.1, -0.05) is 127 Å². The highest BCUT2D eigenvalue weighted by atomic mass is 16.3. The molecule has 57 heavy (non-hydrogen) atoms. The van der Waals surface area contributed by atoms with Gasteiger partial charge >= 0.3 is 0 Å². The van der Waals surface area contributed by atoms with E-state index in [2.05, 4.69) is 0 Å². The van der Waals surface area contributed by atoms with E-state index in [4.69, 9.17) is 19.5 Å². The smallest absolute Gasteiger partial charge is 0.137 e. The van der Waals surface area contributed by atoms with Crippen LogP contribution < -0.4 is 0 Å². The van der Waals surface area contributed by atoms with Crippen LogP contribution in [0.5, 0.6) is 0 Å². The van der Waals surface area contributed by atoms with Crippen LogP contribution in [0, 0.1) is 0 Å². The van der Waals surface area contributed by atoms with E-state index in [9.17, 15) is 19.2 Å². The zero-order valence-corrected chi connectivity index (χ0v) is 29.0. The second-order valence-electron chi connectivity index (χ2n) is 13.0. The Hall–Kier alpha value is -7.62. The fourth-order valence-corrected chi connectivity index (χ4v) is 7.21. The summed E-state index contributed by atoms with van der Waals surface area (Å²) in [5.41, 5.74) is -4.35. The number of para-hydroxylation sites is 2. The van der Waals surface area contributed by atoms with Crippen molar-refractivity contribution in [1.29, 1.82) is 0 Å². The maximum absolute atomic E-state index is 9.97. The molecule has 0 saturated heterocycles. The first-order chi connectivity index (χ1) is 38.7. The van der Waals surface area contributed by atoms with Gasteiger partial charge in [-0.3, -0.25) is 0 Å². The normalized spacial score (nSPS) is 18.0. The summed E-state index contributed by atoms with van der Waals surface area (Å²) in [6.07, 6.45) is 0. The van der Waals surface area contributed by atoms with Crippen molar-refractivity contribution in [2.75, 3.05) is 0 Å². The second kappa shape index (κ2) is 12.5. The topological polar surface area (TPSA) is 23.0 Å². The average molecular weight is 752 g/mol. The van der Waals surface area contributed by atoms with Crippen LogP contribution in [0.1, 0.15) is 34.3 Å². The van der Waals surface area contributed by atoms with E-state index in [0.29, 0.717) is 5.56 Å². The lowest BCUT2D eigenvalue weighted by atomic mass is 10.0. The molecule has 266 valence electrons. The van der Waals surface area contributed by atoms with Crippen LogP contribution >= 0.6 is 0 Å². The minimum absolute atomic E-state index is 0.169. The Bertz CT molecular complexity index is 4960. The Morgan fingerprint density at radius 1 is 0.333 bits per heavy atom. The van der Waals surface area contributed by atoms with E-state index >= 15 is 0 Å². The predicted octanol–water partition coefficient (Wildman–Crippen LogP) is 14.8. The van der Waals surface area contributed by atoms with Gasteiger partial charge in [0.15, 0.2) is 0 Å². The van der Waals surface area contributed by atoms with E-state index in [1.54, 1.807) is 24.3 Å². The summed E-state index contributed by atoms with van der Waals surface area (Å²) < 4.78 is 236. The summed E-state index contributed by atoms with van der Waals surface area (Å²) in [7, 11) is 0. The quantitative estimate of drug-likeness (QED) is 0.172. The van der Waals surface area contributed by atoms with Gasteiger partial charge in [0.05, 0.1) is 56.3 Å². The van der Waals surface area contributed by atoms with E-state index in [0.717, 1.165) is 10.1 Å². The molecule has 0 aliphatic carbocycles. The highest BCUT2D eigenvalue weighted by Gasteiger charge is 2.18. The molecule has 0 unspecified atom stereocenters. The van der Waals surface area contributed by atoms with Gasteiger partial charge < -0.3 is 13.6 Å². The third-order valence-corrected chi connectivity index (χ3v) is 9.75. The molecule has 3 nitrogen and oxygen atoms in total. The summed E-state index contributed by atoms with van der Waals surface area (Å²) in [5, 5.41) is -2.54. The Labute approximate surface area is 364 Å². The summed E-state index contributed by atoms with van der Waals surface area (Å²) >= 11 is 0. The lowest BCUT2D eigenvalue weighted by Gasteiger charge is -2.11.